The zero-order valence-corrected chi connectivity index (χ0v) is 16.2. The fourth-order valence-electron chi connectivity index (χ4n) is 5.03. The van der Waals surface area contributed by atoms with E-state index in [0.717, 1.165) is 71.3 Å². The molecule has 0 bridgehead atoms. The summed E-state index contributed by atoms with van der Waals surface area (Å²) in [7, 11) is 0. The number of furan rings is 2. The Morgan fingerprint density at radius 1 is 0.613 bits per heavy atom. The van der Waals surface area contributed by atoms with Gasteiger partial charge in [-0.3, -0.25) is 9.38 Å². The molecule has 0 spiro atoms. The van der Waals surface area contributed by atoms with Gasteiger partial charge in [-0.05, 0) is 36.4 Å². The third kappa shape index (κ3) is 1.78. The number of aromatic nitrogens is 3. The number of para-hydroxylation sites is 1. The largest absolute Gasteiger partial charge is 0.452 e. The maximum atomic E-state index is 6.41. The van der Waals surface area contributed by atoms with E-state index in [0.29, 0.717) is 0 Å². The van der Waals surface area contributed by atoms with Crippen molar-refractivity contribution in [1.29, 1.82) is 0 Å². The minimum absolute atomic E-state index is 0.777. The van der Waals surface area contributed by atoms with E-state index in [9.17, 15) is 0 Å². The molecule has 5 aromatic heterocycles. The van der Waals surface area contributed by atoms with Gasteiger partial charge in [0.1, 0.15) is 16.7 Å². The molecule has 0 saturated heterocycles. The fourth-order valence-corrected chi connectivity index (χ4v) is 5.03. The molecule has 144 valence electrons. The highest BCUT2D eigenvalue weighted by Crippen LogP contribution is 2.42. The Morgan fingerprint density at radius 2 is 1.45 bits per heavy atom. The van der Waals surface area contributed by atoms with E-state index < -0.39 is 0 Å². The third-order valence-corrected chi connectivity index (χ3v) is 6.32. The number of hydrogen-bond acceptors (Lipinski definition) is 4. The molecule has 0 aliphatic rings. The van der Waals surface area contributed by atoms with Crippen LogP contribution in [0.15, 0.2) is 88.1 Å². The van der Waals surface area contributed by atoms with Gasteiger partial charge in [0.15, 0.2) is 16.8 Å². The van der Waals surface area contributed by atoms with Crippen LogP contribution in [-0.2, 0) is 0 Å². The molecule has 0 radical (unpaired) electrons. The lowest BCUT2D eigenvalue weighted by atomic mass is 10.0. The van der Waals surface area contributed by atoms with Crippen LogP contribution in [0, 0.1) is 0 Å². The van der Waals surface area contributed by atoms with E-state index in [4.69, 9.17) is 8.83 Å². The van der Waals surface area contributed by atoms with Crippen LogP contribution in [0.3, 0.4) is 0 Å². The molecule has 0 aliphatic heterocycles. The summed E-state index contributed by atoms with van der Waals surface area (Å²) < 4.78 is 14.7. The first-order chi connectivity index (χ1) is 15.4. The van der Waals surface area contributed by atoms with Crippen molar-refractivity contribution in [3.63, 3.8) is 0 Å². The first-order valence-corrected chi connectivity index (χ1v) is 10.2. The molecule has 3 aromatic carbocycles. The van der Waals surface area contributed by atoms with Crippen LogP contribution in [0.4, 0.5) is 0 Å². The van der Waals surface area contributed by atoms with Gasteiger partial charge in [-0.25, -0.2) is 4.98 Å². The molecule has 0 atom stereocenters. The van der Waals surface area contributed by atoms with Gasteiger partial charge in [-0.2, -0.15) is 0 Å². The standard InChI is InChI=1S/C26H13N3O2/c1-2-6-19-14(4-1)15-7-8-17-22-20(31-25(17)24(15)30-19)10-9-18-21(22)16-5-3-11-27-23(16)26-28-12-13-29(18)26/h1-13H. The Balaban J connectivity index is 1.68. The van der Waals surface area contributed by atoms with E-state index in [2.05, 4.69) is 44.7 Å². The number of benzene rings is 3. The summed E-state index contributed by atoms with van der Waals surface area (Å²) in [6.45, 7) is 0. The molecule has 0 saturated carbocycles. The van der Waals surface area contributed by atoms with E-state index >= 15 is 0 Å². The molecular weight excluding hydrogens is 386 g/mol. The minimum atomic E-state index is 0.777. The van der Waals surface area contributed by atoms with Gasteiger partial charge in [0.25, 0.3) is 0 Å². The third-order valence-electron chi connectivity index (χ3n) is 6.32. The number of fused-ring (bicyclic) bond motifs is 14. The summed E-state index contributed by atoms with van der Waals surface area (Å²) in [5.41, 5.74) is 6.08. The maximum Gasteiger partial charge on any atom is 0.178 e. The molecule has 0 fully saturated rings. The predicted octanol–water partition coefficient (Wildman–Crippen LogP) is 6.83. The highest BCUT2D eigenvalue weighted by molar-refractivity contribution is 6.29. The van der Waals surface area contributed by atoms with Crippen molar-refractivity contribution < 1.29 is 8.83 Å². The SMILES string of the molecule is c1ccc2c(c1)oc1c2ccc2c1oc1ccc3c(c4cccnc4c4nccn34)c12. The summed E-state index contributed by atoms with van der Waals surface area (Å²) in [5, 5.41) is 6.45. The van der Waals surface area contributed by atoms with Crippen molar-refractivity contribution in [1.82, 2.24) is 14.4 Å². The second kappa shape index (κ2) is 5.21. The predicted molar refractivity (Wildman–Crippen MR) is 123 cm³/mol. The lowest BCUT2D eigenvalue weighted by molar-refractivity contribution is 0.633. The number of pyridine rings is 2. The average molecular weight is 399 g/mol. The smallest absolute Gasteiger partial charge is 0.178 e. The quantitative estimate of drug-likeness (QED) is 0.262. The molecule has 8 aromatic rings. The Labute approximate surface area is 174 Å². The van der Waals surface area contributed by atoms with E-state index in [1.165, 1.54) is 0 Å². The molecule has 5 heterocycles. The molecular formula is C26H13N3O2. The minimum Gasteiger partial charge on any atom is -0.452 e. The topological polar surface area (TPSA) is 56.5 Å². The zero-order chi connectivity index (χ0) is 20.1. The van der Waals surface area contributed by atoms with Gasteiger partial charge in [0.05, 0.1) is 5.52 Å². The second-order valence-electron chi connectivity index (χ2n) is 7.87. The summed E-state index contributed by atoms with van der Waals surface area (Å²) in [6.07, 6.45) is 5.62. The first kappa shape index (κ1) is 15.5. The van der Waals surface area contributed by atoms with Gasteiger partial charge in [-0.15, -0.1) is 0 Å². The summed E-state index contributed by atoms with van der Waals surface area (Å²) in [5.74, 6) is 0. The Hall–Kier alpha value is -4.38. The number of hydrogen-bond donors (Lipinski definition) is 0. The lowest BCUT2D eigenvalue weighted by Gasteiger charge is -2.08. The van der Waals surface area contributed by atoms with Gasteiger partial charge in [0, 0.05) is 50.9 Å². The van der Waals surface area contributed by atoms with Crippen LogP contribution >= 0.6 is 0 Å². The monoisotopic (exact) mass is 399 g/mol. The van der Waals surface area contributed by atoms with Crippen molar-refractivity contribution in [3.8, 4) is 0 Å². The Morgan fingerprint density at radius 3 is 2.45 bits per heavy atom. The van der Waals surface area contributed by atoms with E-state index in [1.54, 1.807) is 0 Å². The van der Waals surface area contributed by atoms with E-state index in [1.807, 2.05) is 48.9 Å². The molecule has 5 nitrogen and oxygen atoms in total. The van der Waals surface area contributed by atoms with E-state index in [-0.39, 0.29) is 0 Å². The zero-order valence-electron chi connectivity index (χ0n) is 16.2. The molecule has 8 rings (SSSR count). The maximum absolute atomic E-state index is 6.41. The normalized spacial score (nSPS) is 12.5. The van der Waals surface area contributed by atoms with Gasteiger partial charge in [0.2, 0.25) is 0 Å². The van der Waals surface area contributed by atoms with Crippen LogP contribution < -0.4 is 0 Å². The second-order valence-corrected chi connectivity index (χ2v) is 7.87. The number of nitrogens with zero attached hydrogens (tertiary/aromatic N) is 3. The van der Waals surface area contributed by atoms with Gasteiger partial charge >= 0.3 is 0 Å². The highest BCUT2D eigenvalue weighted by Gasteiger charge is 2.20. The fraction of sp³-hybridized carbons (Fsp3) is 0. The summed E-state index contributed by atoms with van der Waals surface area (Å²) >= 11 is 0. The molecule has 0 unspecified atom stereocenters. The van der Waals surface area contributed by atoms with Crippen molar-refractivity contribution in [2.45, 2.75) is 0 Å². The van der Waals surface area contributed by atoms with Crippen molar-refractivity contribution >= 4 is 71.3 Å². The molecule has 0 N–H and O–H groups in total. The Kier molecular flexibility index (Phi) is 2.60. The van der Waals surface area contributed by atoms with Crippen molar-refractivity contribution in [2.24, 2.45) is 0 Å². The first-order valence-electron chi connectivity index (χ1n) is 10.2. The van der Waals surface area contributed by atoms with Gasteiger partial charge < -0.3 is 8.83 Å². The van der Waals surface area contributed by atoms with Gasteiger partial charge in [-0.1, -0.05) is 24.3 Å². The molecule has 5 heteroatoms. The number of imidazole rings is 1. The summed E-state index contributed by atoms with van der Waals surface area (Å²) in [6, 6.07) is 20.6. The van der Waals surface area contributed by atoms with Crippen molar-refractivity contribution in [2.75, 3.05) is 0 Å². The molecule has 0 amide bonds. The Bertz CT molecular complexity index is 2010. The highest BCUT2D eigenvalue weighted by atomic mass is 16.4. The molecule has 31 heavy (non-hydrogen) atoms. The lowest BCUT2D eigenvalue weighted by Crippen LogP contribution is -1.92. The van der Waals surface area contributed by atoms with Crippen LogP contribution in [0.5, 0.6) is 0 Å². The average Bonchev–Trinajstić information content (AvgIpc) is 3.53. The number of rotatable bonds is 0. The van der Waals surface area contributed by atoms with Crippen LogP contribution in [0.1, 0.15) is 0 Å². The summed E-state index contributed by atoms with van der Waals surface area (Å²) in [4.78, 5) is 9.20. The van der Waals surface area contributed by atoms with Crippen LogP contribution in [0.2, 0.25) is 0 Å². The van der Waals surface area contributed by atoms with Crippen molar-refractivity contribution in [3.05, 3.63) is 79.3 Å². The molecule has 0 aliphatic carbocycles. The van der Waals surface area contributed by atoms with Crippen LogP contribution in [0.25, 0.3) is 71.3 Å². The van der Waals surface area contributed by atoms with Crippen LogP contribution in [-0.4, -0.2) is 14.4 Å².